The van der Waals surface area contributed by atoms with Gasteiger partial charge in [-0.25, -0.2) is 8.70 Å². The number of hydrogen-bond acceptors (Lipinski definition) is 4. The predicted octanol–water partition coefficient (Wildman–Crippen LogP) is 6.91. The van der Waals surface area contributed by atoms with E-state index in [4.69, 9.17) is 11.6 Å². The third-order valence-electron chi connectivity index (χ3n) is 5.53. The lowest BCUT2D eigenvalue weighted by atomic mass is 9.93. The van der Waals surface area contributed by atoms with Crippen molar-refractivity contribution in [2.45, 2.75) is 42.0 Å². The fourth-order valence-electron chi connectivity index (χ4n) is 3.69. The van der Waals surface area contributed by atoms with Gasteiger partial charge < -0.3 is 5.32 Å². The third kappa shape index (κ3) is 8.31. The quantitative estimate of drug-likeness (QED) is 0.255. The van der Waals surface area contributed by atoms with E-state index < -0.39 is 41.0 Å². The average molecular weight is 628 g/mol. The van der Waals surface area contributed by atoms with Gasteiger partial charge in [-0.3, -0.25) is 9.00 Å². The molecule has 2 aromatic carbocycles. The van der Waals surface area contributed by atoms with E-state index >= 15 is 4.39 Å². The van der Waals surface area contributed by atoms with Crippen molar-refractivity contribution < 1.29 is 26.6 Å². The molecule has 0 saturated carbocycles. The molecule has 3 rings (SSSR count). The lowest BCUT2D eigenvalue weighted by molar-refractivity contribution is -0.144. The first-order valence-electron chi connectivity index (χ1n) is 10.9. The van der Waals surface area contributed by atoms with E-state index in [1.54, 1.807) is 6.07 Å². The molecule has 1 N–H and O–H groups in total. The average Bonchev–Trinajstić information content (AvgIpc) is 2.79. The van der Waals surface area contributed by atoms with Gasteiger partial charge in [0, 0.05) is 68.3 Å². The number of alkyl halides is 4. The highest BCUT2D eigenvalue weighted by molar-refractivity contribution is 9.10. The lowest BCUT2D eigenvalue weighted by Gasteiger charge is -2.35. The van der Waals surface area contributed by atoms with Crippen molar-refractivity contribution in [1.29, 1.82) is 0 Å². The molecule has 36 heavy (non-hydrogen) atoms. The fourth-order valence-corrected chi connectivity index (χ4v) is 5.74. The van der Waals surface area contributed by atoms with Crippen LogP contribution in [-0.2, 0) is 15.6 Å². The minimum absolute atomic E-state index is 0.175. The van der Waals surface area contributed by atoms with E-state index in [-0.39, 0.29) is 25.9 Å². The molecule has 2 unspecified atom stereocenters. The molecule has 12 heteroatoms. The van der Waals surface area contributed by atoms with E-state index in [2.05, 4.69) is 21.2 Å². The molecule has 1 aliphatic heterocycles. The summed E-state index contributed by atoms with van der Waals surface area (Å²) in [6, 6.07) is 11.7. The Morgan fingerprint density at radius 1 is 1.25 bits per heavy atom. The second kappa shape index (κ2) is 12.4. The molecule has 4 nitrogen and oxygen atoms in total. The van der Waals surface area contributed by atoms with Gasteiger partial charge in [-0.1, -0.05) is 51.8 Å². The summed E-state index contributed by atoms with van der Waals surface area (Å²) in [5.41, 5.74) is -0.563. The summed E-state index contributed by atoms with van der Waals surface area (Å²) in [4.78, 5) is 13.5. The smallest absolute Gasteiger partial charge is 0.347 e. The molecule has 0 radical (unpaired) electrons. The van der Waals surface area contributed by atoms with E-state index in [1.807, 2.05) is 40.7 Å². The van der Waals surface area contributed by atoms with Crippen molar-refractivity contribution in [1.82, 2.24) is 9.62 Å². The van der Waals surface area contributed by atoms with Gasteiger partial charge in [-0.05, 0) is 41.8 Å². The number of nitrogens with zero attached hydrogens (tertiary/aromatic N) is 1. The van der Waals surface area contributed by atoms with Gasteiger partial charge in [0.25, 0.3) is 5.91 Å². The Balaban J connectivity index is 1.68. The monoisotopic (exact) mass is 626 g/mol. The van der Waals surface area contributed by atoms with Gasteiger partial charge in [-0.2, -0.15) is 13.2 Å². The van der Waals surface area contributed by atoms with Gasteiger partial charge >= 0.3 is 6.18 Å². The number of nitrogens with one attached hydrogen (secondary N) is 1. The molecule has 1 fully saturated rings. The largest absolute Gasteiger partial charge is 0.391 e. The van der Waals surface area contributed by atoms with Crippen LogP contribution in [0.4, 0.5) is 17.6 Å². The number of rotatable bonds is 8. The normalized spacial score (nSPS) is 18.2. The number of carbonyl (C=O) groups is 1. The van der Waals surface area contributed by atoms with Gasteiger partial charge in [0.05, 0.1) is 12.5 Å². The Bertz CT molecular complexity index is 1140. The summed E-state index contributed by atoms with van der Waals surface area (Å²) in [6.07, 6.45) is -4.02. The number of benzene rings is 2. The number of amides is 1. The topological polar surface area (TPSA) is 49.4 Å². The second-order valence-electron chi connectivity index (χ2n) is 8.33. The van der Waals surface area contributed by atoms with Crippen LogP contribution in [0, 0.1) is 0 Å². The third-order valence-corrected chi connectivity index (χ3v) is 8.06. The van der Waals surface area contributed by atoms with E-state index in [0.717, 1.165) is 32.0 Å². The van der Waals surface area contributed by atoms with E-state index in [0.29, 0.717) is 5.02 Å². The Hall–Kier alpha value is -1.40. The highest BCUT2D eigenvalue weighted by Crippen LogP contribution is 2.40. The molecule has 2 atom stereocenters. The maximum Gasteiger partial charge on any atom is 0.391 e. The summed E-state index contributed by atoms with van der Waals surface area (Å²) in [7, 11) is -1.50. The van der Waals surface area contributed by atoms with Crippen molar-refractivity contribution in [2.75, 3.05) is 19.3 Å². The van der Waals surface area contributed by atoms with Gasteiger partial charge in [-0.15, -0.1) is 0 Å². The fraction of sp³-hybridized carbons (Fsp3) is 0.375. The Labute approximate surface area is 227 Å². The summed E-state index contributed by atoms with van der Waals surface area (Å²) < 4.78 is 68.2. The number of halogens is 6. The van der Waals surface area contributed by atoms with Crippen molar-refractivity contribution in [3.8, 4) is 11.1 Å². The molecule has 0 aliphatic carbocycles. The molecule has 196 valence electrons. The first kappa shape index (κ1) is 29.2. The van der Waals surface area contributed by atoms with Gasteiger partial charge in [0.1, 0.15) is 0 Å². The number of carbonyl (C=O) groups excluding carboxylic acids is 1. The zero-order valence-electron chi connectivity index (χ0n) is 19.2. The molecule has 1 heterocycles. The van der Waals surface area contributed by atoms with Crippen LogP contribution in [0.5, 0.6) is 0 Å². The first-order valence-corrected chi connectivity index (χ1v) is 14.5. The molecule has 2 aromatic rings. The summed E-state index contributed by atoms with van der Waals surface area (Å²) in [5, 5.41) is 3.79. The Kier molecular flexibility index (Phi) is 10.1. The number of hydrogen-bond donors (Lipinski definition) is 1. The lowest BCUT2D eigenvalue weighted by Crippen LogP contribution is -2.52. The molecule has 0 aromatic heterocycles. The van der Waals surface area contributed by atoms with Crippen LogP contribution in [0.2, 0.25) is 5.02 Å². The highest BCUT2D eigenvalue weighted by atomic mass is 79.9. The van der Waals surface area contributed by atoms with Crippen molar-refractivity contribution in [2.24, 2.45) is 0 Å². The molecule has 1 amide bonds. The second-order valence-corrected chi connectivity index (χ2v) is 12.1. The Morgan fingerprint density at radius 2 is 1.92 bits per heavy atom. The molecule has 1 aliphatic rings. The van der Waals surface area contributed by atoms with Crippen molar-refractivity contribution in [3.63, 3.8) is 0 Å². The predicted molar refractivity (Wildman–Crippen MR) is 141 cm³/mol. The van der Waals surface area contributed by atoms with Crippen molar-refractivity contribution in [3.05, 3.63) is 63.4 Å². The van der Waals surface area contributed by atoms with Crippen LogP contribution in [0.25, 0.3) is 11.1 Å². The molecular formula is C24H24BrClF4N2O2S2. The standard InChI is InChI=1S/C24H24BrClF4N2O2S2/c1-36(34)13-8-17(15-24(28,29)30)31-22(33)23(27)9-11-32(12-10-23)35-21-7-6-16(25)14-19(21)18-4-2-3-5-20(18)26/h2-8,13-14,17H,9-12,15H2,1H3,(H,31,33)/b13-8-. The minimum Gasteiger partial charge on any atom is -0.347 e. The maximum absolute atomic E-state index is 15.5. The summed E-state index contributed by atoms with van der Waals surface area (Å²) >= 11 is 11.3. The van der Waals surface area contributed by atoms with Crippen LogP contribution >= 0.6 is 39.5 Å². The van der Waals surface area contributed by atoms with Crippen LogP contribution in [-0.4, -0.2) is 51.7 Å². The first-order chi connectivity index (χ1) is 16.9. The SMILES string of the molecule is CS(=O)/C=C\C(CC(F)(F)F)NC(=O)C1(F)CCN(Sc2ccc(Br)cc2-c2ccccc2Cl)CC1. The van der Waals surface area contributed by atoms with Crippen LogP contribution in [0.1, 0.15) is 19.3 Å². The summed E-state index contributed by atoms with van der Waals surface area (Å²) in [5.74, 6) is -1.09. The zero-order valence-corrected chi connectivity index (χ0v) is 23.1. The Morgan fingerprint density at radius 3 is 2.53 bits per heavy atom. The highest BCUT2D eigenvalue weighted by Gasteiger charge is 2.43. The summed E-state index contributed by atoms with van der Waals surface area (Å²) in [6.45, 7) is 0.427. The van der Waals surface area contributed by atoms with Crippen LogP contribution in [0.15, 0.2) is 63.3 Å². The molecular weight excluding hydrogens is 604 g/mol. The molecule has 1 saturated heterocycles. The maximum atomic E-state index is 15.5. The molecule has 0 spiro atoms. The van der Waals surface area contributed by atoms with Gasteiger partial charge in [0.2, 0.25) is 0 Å². The van der Waals surface area contributed by atoms with E-state index in [1.165, 1.54) is 18.2 Å². The number of piperidine rings is 1. The van der Waals surface area contributed by atoms with E-state index in [9.17, 15) is 22.2 Å². The van der Waals surface area contributed by atoms with Crippen LogP contribution in [0.3, 0.4) is 0 Å². The zero-order chi connectivity index (χ0) is 26.5. The minimum atomic E-state index is -4.58. The van der Waals surface area contributed by atoms with Gasteiger partial charge in [0.15, 0.2) is 5.67 Å². The van der Waals surface area contributed by atoms with Crippen molar-refractivity contribution >= 4 is 56.2 Å². The van der Waals surface area contributed by atoms with Crippen LogP contribution < -0.4 is 5.32 Å². The molecule has 0 bridgehead atoms.